The standard InChI is InChI=1S/C28H20ClF3N2O4/c1-33(2)19-8-3-15(4-9-19)24-23(25(35)22-14-16-13-18(29)7-12-21(16)38-22)26(36)27(37)34(24)20-10-5-17(6-11-20)28(30,31)32/h3-14,24,36H,1-2H3. The third kappa shape index (κ3) is 4.39. The van der Waals surface area contributed by atoms with Crippen molar-refractivity contribution in [1.82, 2.24) is 0 Å². The van der Waals surface area contributed by atoms with Crippen molar-refractivity contribution in [3.8, 4) is 0 Å². The number of rotatable bonds is 5. The predicted molar refractivity (Wildman–Crippen MR) is 138 cm³/mol. The number of carbonyl (C=O) groups excluding carboxylic acids is 2. The highest BCUT2D eigenvalue weighted by molar-refractivity contribution is 6.31. The second-order valence-electron chi connectivity index (χ2n) is 8.99. The lowest BCUT2D eigenvalue weighted by Crippen LogP contribution is -2.31. The molecule has 0 bridgehead atoms. The number of Topliss-reactive ketones (excluding diaryl/α,β-unsaturated/α-hetero) is 1. The smallest absolute Gasteiger partial charge is 0.416 e. The van der Waals surface area contributed by atoms with E-state index in [1.807, 2.05) is 19.0 Å². The number of benzene rings is 3. The Balaban J connectivity index is 1.63. The summed E-state index contributed by atoms with van der Waals surface area (Å²) in [5.74, 6) is -2.59. The molecule has 3 aromatic carbocycles. The van der Waals surface area contributed by atoms with Crippen LogP contribution in [0.4, 0.5) is 24.5 Å². The van der Waals surface area contributed by atoms with Gasteiger partial charge >= 0.3 is 6.18 Å². The number of nitrogens with zero attached hydrogens (tertiary/aromatic N) is 2. The zero-order valence-electron chi connectivity index (χ0n) is 20.1. The van der Waals surface area contributed by atoms with Gasteiger partial charge in [0.05, 0.1) is 17.2 Å². The van der Waals surface area contributed by atoms with E-state index in [0.29, 0.717) is 21.6 Å². The highest BCUT2D eigenvalue weighted by atomic mass is 35.5. The van der Waals surface area contributed by atoms with Crippen molar-refractivity contribution in [2.75, 3.05) is 23.9 Å². The van der Waals surface area contributed by atoms with Gasteiger partial charge in [-0.2, -0.15) is 13.2 Å². The molecule has 10 heteroatoms. The van der Waals surface area contributed by atoms with Crippen LogP contribution >= 0.6 is 11.6 Å². The fourth-order valence-electron chi connectivity index (χ4n) is 4.44. The van der Waals surface area contributed by atoms with Crippen molar-refractivity contribution in [3.63, 3.8) is 0 Å². The normalized spacial score (nSPS) is 16.0. The van der Waals surface area contributed by atoms with E-state index in [0.717, 1.165) is 34.9 Å². The molecule has 1 aliphatic heterocycles. The fourth-order valence-corrected chi connectivity index (χ4v) is 4.62. The minimum absolute atomic E-state index is 0.0791. The van der Waals surface area contributed by atoms with Crippen LogP contribution in [0.25, 0.3) is 11.0 Å². The Hall–Kier alpha value is -4.24. The molecule has 1 aromatic heterocycles. The first-order valence-corrected chi connectivity index (χ1v) is 11.8. The van der Waals surface area contributed by atoms with Gasteiger partial charge in [-0.1, -0.05) is 23.7 Å². The Labute approximate surface area is 220 Å². The summed E-state index contributed by atoms with van der Waals surface area (Å²) in [6.45, 7) is 0. The van der Waals surface area contributed by atoms with Crippen molar-refractivity contribution < 1.29 is 32.3 Å². The Bertz CT molecular complexity index is 1590. The average molecular weight is 541 g/mol. The van der Waals surface area contributed by atoms with Crippen LogP contribution in [-0.2, 0) is 11.0 Å². The summed E-state index contributed by atoms with van der Waals surface area (Å²) < 4.78 is 45.2. The number of anilines is 2. The predicted octanol–water partition coefficient (Wildman–Crippen LogP) is 6.95. The molecule has 38 heavy (non-hydrogen) atoms. The van der Waals surface area contributed by atoms with E-state index < -0.39 is 35.2 Å². The van der Waals surface area contributed by atoms with Gasteiger partial charge in [-0.3, -0.25) is 14.5 Å². The van der Waals surface area contributed by atoms with Crippen LogP contribution in [0.5, 0.6) is 0 Å². The average Bonchev–Trinajstić information content (AvgIpc) is 3.41. The van der Waals surface area contributed by atoms with Gasteiger partial charge in [0.1, 0.15) is 5.58 Å². The molecule has 194 valence electrons. The number of ketones is 1. The Kier molecular flexibility index (Phi) is 6.19. The van der Waals surface area contributed by atoms with E-state index in [1.165, 1.54) is 6.07 Å². The summed E-state index contributed by atoms with van der Waals surface area (Å²) in [5.41, 5.74) is 0.626. The van der Waals surface area contributed by atoms with Gasteiger partial charge in [-0.05, 0) is 66.2 Å². The molecular weight excluding hydrogens is 521 g/mol. The molecule has 1 amide bonds. The van der Waals surface area contributed by atoms with Gasteiger partial charge in [-0.25, -0.2) is 0 Å². The molecule has 0 radical (unpaired) electrons. The number of furan rings is 1. The van der Waals surface area contributed by atoms with Crippen molar-refractivity contribution in [3.05, 3.63) is 106 Å². The molecule has 6 nitrogen and oxygen atoms in total. The molecule has 1 N–H and O–H groups in total. The van der Waals surface area contributed by atoms with E-state index in [2.05, 4.69) is 0 Å². The fraction of sp³-hybridized carbons (Fsp3) is 0.143. The third-order valence-electron chi connectivity index (χ3n) is 6.35. The number of aliphatic hydroxyl groups excluding tert-OH is 1. The van der Waals surface area contributed by atoms with Gasteiger partial charge in [0.25, 0.3) is 5.91 Å². The van der Waals surface area contributed by atoms with Crippen LogP contribution in [0.15, 0.2) is 88.5 Å². The summed E-state index contributed by atoms with van der Waals surface area (Å²) in [6, 6.07) is 16.0. The van der Waals surface area contributed by atoms with Gasteiger partial charge in [0.2, 0.25) is 5.78 Å². The lowest BCUT2D eigenvalue weighted by Gasteiger charge is -2.27. The largest absolute Gasteiger partial charge is 0.503 e. The molecule has 2 heterocycles. The van der Waals surface area contributed by atoms with E-state index in [9.17, 15) is 27.9 Å². The van der Waals surface area contributed by atoms with Gasteiger partial charge in [-0.15, -0.1) is 0 Å². The molecule has 1 aliphatic rings. The lowest BCUT2D eigenvalue weighted by atomic mass is 9.94. The topological polar surface area (TPSA) is 74.0 Å². The van der Waals surface area contributed by atoms with Crippen molar-refractivity contribution in [2.24, 2.45) is 0 Å². The van der Waals surface area contributed by atoms with E-state index >= 15 is 0 Å². The first-order chi connectivity index (χ1) is 18.0. The number of fused-ring (bicyclic) bond motifs is 1. The molecule has 0 spiro atoms. The van der Waals surface area contributed by atoms with Gasteiger partial charge in [0, 0.05) is 35.9 Å². The molecule has 0 saturated heterocycles. The number of hydrogen-bond acceptors (Lipinski definition) is 5. The molecule has 1 atom stereocenters. The zero-order chi connectivity index (χ0) is 27.4. The second kappa shape index (κ2) is 9.25. The monoisotopic (exact) mass is 540 g/mol. The summed E-state index contributed by atoms with van der Waals surface area (Å²) in [4.78, 5) is 30.0. The second-order valence-corrected chi connectivity index (χ2v) is 9.43. The minimum atomic E-state index is -4.57. The maximum atomic E-state index is 13.7. The van der Waals surface area contributed by atoms with Crippen LogP contribution in [0.2, 0.25) is 5.02 Å². The van der Waals surface area contributed by atoms with Crippen LogP contribution in [-0.4, -0.2) is 30.9 Å². The summed E-state index contributed by atoms with van der Waals surface area (Å²) in [7, 11) is 3.69. The number of alkyl halides is 3. The lowest BCUT2D eigenvalue weighted by molar-refractivity contribution is -0.137. The molecule has 0 fully saturated rings. The Morgan fingerprint density at radius 3 is 2.26 bits per heavy atom. The number of carbonyl (C=O) groups is 2. The zero-order valence-corrected chi connectivity index (χ0v) is 20.8. The van der Waals surface area contributed by atoms with Crippen LogP contribution in [0.1, 0.15) is 27.7 Å². The number of aliphatic hydroxyl groups is 1. The van der Waals surface area contributed by atoms with Crippen LogP contribution < -0.4 is 9.80 Å². The van der Waals surface area contributed by atoms with Crippen LogP contribution in [0.3, 0.4) is 0 Å². The molecule has 5 rings (SSSR count). The number of amides is 1. The minimum Gasteiger partial charge on any atom is -0.503 e. The maximum Gasteiger partial charge on any atom is 0.416 e. The van der Waals surface area contributed by atoms with E-state index in [1.54, 1.807) is 42.5 Å². The first-order valence-electron chi connectivity index (χ1n) is 11.4. The third-order valence-corrected chi connectivity index (χ3v) is 6.59. The SMILES string of the molecule is CN(C)c1ccc(C2C(C(=O)c3cc4cc(Cl)ccc4o3)=C(O)C(=O)N2c2ccc(C(F)(F)F)cc2)cc1. The summed E-state index contributed by atoms with van der Waals surface area (Å²) >= 11 is 6.04. The molecule has 1 unspecified atom stereocenters. The highest BCUT2D eigenvalue weighted by Gasteiger charge is 2.45. The molecule has 0 saturated carbocycles. The molecule has 4 aromatic rings. The molecule has 0 aliphatic carbocycles. The van der Waals surface area contributed by atoms with E-state index in [-0.39, 0.29) is 17.0 Å². The number of hydrogen-bond donors (Lipinski definition) is 1. The first kappa shape index (κ1) is 25.4. The quantitative estimate of drug-likeness (QED) is 0.277. The number of halogens is 4. The Morgan fingerprint density at radius 2 is 1.66 bits per heavy atom. The summed E-state index contributed by atoms with van der Waals surface area (Å²) in [6.07, 6.45) is -4.57. The molecular formula is C28H20ClF3N2O4. The summed E-state index contributed by atoms with van der Waals surface area (Å²) in [5, 5.41) is 11.9. The van der Waals surface area contributed by atoms with Crippen molar-refractivity contribution in [1.29, 1.82) is 0 Å². The maximum absolute atomic E-state index is 13.7. The van der Waals surface area contributed by atoms with Gasteiger partial charge in [0.15, 0.2) is 11.5 Å². The Morgan fingerprint density at radius 1 is 1.00 bits per heavy atom. The van der Waals surface area contributed by atoms with Gasteiger partial charge < -0.3 is 14.4 Å². The highest BCUT2D eigenvalue weighted by Crippen LogP contribution is 2.43. The van der Waals surface area contributed by atoms with Crippen molar-refractivity contribution in [2.45, 2.75) is 12.2 Å². The van der Waals surface area contributed by atoms with Crippen molar-refractivity contribution >= 4 is 45.6 Å². The van der Waals surface area contributed by atoms with E-state index in [4.69, 9.17) is 16.0 Å². The van der Waals surface area contributed by atoms with Crippen LogP contribution in [0, 0.1) is 0 Å².